The fraction of sp³-hybridized carbons (Fsp3) is 0.150. The van der Waals surface area contributed by atoms with E-state index in [1.807, 2.05) is 0 Å². The minimum atomic E-state index is -3.82. The Balaban J connectivity index is 1.53. The number of hydrogen-bond donors (Lipinski definition) is 2. The first-order valence-corrected chi connectivity index (χ1v) is 10.2. The van der Waals surface area contributed by atoms with Crippen molar-refractivity contribution >= 4 is 21.6 Å². The Hall–Kier alpha value is -3.30. The summed E-state index contributed by atoms with van der Waals surface area (Å²) < 4.78 is 43.3. The van der Waals surface area contributed by atoms with Crippen molar-refractivity contribution in [3.05, 3.63) is 71.7 Å². The highest BCUT2D eigenvalue weighted by molar-refractivity contribution is 7.89. The SMILES string of the molecule is Cc1ccc(S(=O)(=O)NCc2ccco2)cc1C(=O)Nc1ccc2c(c1)OCO2. The van der Waals surface area contributed by atoms with Gasteiger partial charge in [0.15, 0.2) is 11.5 Å². The van der Waals surface area contributed by atoms with Gasteiger partial charge in [-0.3, -0.25) is 4.79 Å². The van der Waals surface area contributed by atoms with Gasteiger partial charge in [-0.15, -0.1) is 0 Å². The lowest BCUT2D eigenvalue weighted by atomic mass is 10.1. The molecule has 3 aromatic rings. The Morgan fingerprint density at radius 2 is 1.90 bits per heavy atom. The summed E-state index contributed by atoms with van der Waals surface area (Å²) in [5.74, 6) is 1.21. The summed E-state index contributed by atoms with van der Waals surface area (Å²) >= 11 is 0. The molecule has 1 aliphatic rings. The number of ether oxygens (including phenoxy) is 2. The molecule has 0 aliphatic carbocycles. The van der Waals surface area contributed by atoms with E-state index in [1.165, 1.54) is 18.4 Å². The number of fused-ring (bicyclic) bond motifs is 1. The van der Waals surface area contributed by atoms with E-state index in [2.05, 4.69) is 10.0 Å². The first kappa shape index (κ1) is 19.0. The highest BCUT2D eigenvalue weighted by Gasteiger charge is 2.19. The van der Waals surface area contributed by atoms with E-state index in [1.54, 1.807) is 43.3 Å². The number of aryl methyl sites for hydroxylation is 1. The van der Waals surface area contributed by atoms with Gasteiger partial charge in [-0.2, -0.15) is 0 Å². The average Bonchev–Trinajstić information content (AvgIpc) is 3.38. The smallest absolute Gasteiger partial charge is 0.255 e. The molecular formula is C20H18N2O6S. The van der Waals surface area contributed by atoms with Gasteiger partial charge >= 0.3 is 0 Å². The zero-order chi connectivity index (χ0) is 20.4. The zero-order valence-electron chi connectivity index (χ0n) is 15.5. The number of anilines is 1. The van der Waals surface area contributed by atoms with Crippen LogP contribution in [0, 0.1) is 6.92 Å². The van der Waals surface area contributed by atoms with Gasteiger partial charge in [-0.25, -0.2) is 13.1 Å². The third-order valence-corrected chi connectivity index (χ3v) is 5.81. The van der Waals surface area contributed by atoms with Crippen molar-refractivity contribution in [2.45, 2.75) is 18.4 Å². The number of rotatable bonds is 6. The maximum atomic E-state index is 12.7. The van der Waals surface area contributed by atoms with Crippen LogP contribution in [0.25, 0.3) is 0 Å². The highest BCUT2D eigenvalue weighted by Crippen LogP contribution is 2.34. The lowest BCUT2D eigenvalue weighted by Gasteiger charge is -2.11. The predicted molar refractivity (Wildman–Crippen MR) is 104 cm³/mol. The van der Waals surface area contributed by atoms with E-state index in [9.17, 15) is 13.2 Å². The maximum Gasteiger partial charge on any atom is 0.255 e. The van der Waals surface area contributed by atoms with Gasteiger partial charge in [0.25, 0.3) is 5.91 Å². The number of hydrogen-bond acceptors (Lipinski definition) is 6. The topological polar surface area (TPSA) is 107 Å². The van der Waals surface area contributed by atoms with Crippen LogP contribution >= 0.6 is 0 Å². The predicted octanol–water partition coefficient (Wildman–Crippen LogP) is 3.05. The molecule has 0 fully saturated rings. The summed E-state index contributed by atoms with van der Waals surface area (Å²) in [6.45, 7) is 1.89. The second kappa shape index (κ2) is 7.61. The summed E-state index contributed by atoms with van der Waals surface area (Å²) in [5.41, 5.74) is 1.42. The second-order valence-electron chi connectivity index (χ2n) is 6.40. The van der Waals surface area contributed by atoms with Crippen LogP contribution in [0.1, 0.15) is 21.7 Å². The molecule has 2 aromatic carbocycles. The maximum absolute atomic E-state index is 12.7. The third-order valence-electron chi connectivity index (χ3n) is 4.41. The van der Waals surface area contributed by atoms with Crippen molar-refractivity contribution in [1.29, 1.82) is 0 Å². The number of carbonyl (C=O) groups excluding carboxylic acids is 1. The van der Waals surface area contributed by atoms with Crippen molar-refractivity contribution in [1.82, 2.24) is 4.72 Å². The molecular weight excluding hydrogens is 396 g/mol. The van der Waals surface area contributed by atoms with Crippen LogP contribution in [0.3, 0.4) is 0 Å². The molecule has 0 saturated carbocycles. The quantitative estimate of drug-likeness (QED) is 0.642. The number of amides is 1. The molecule has 4 rings (SSSR count). The minimum absolute atomic E-state index is 0.00880. The minimum Gasteiger partial charge on any atom is -0.468 e. The van der Waals surface area contributed by atoms with Crippen LogP contribution in [-0.4, -0.2) is 21.1 Å². The summed E-state index contributed by atoms with van der Waals surface area (Å²) in [5, 5.41) is 2.76. The standard InChI is InChI=1S/C20H18N2O6S/c1-13-4-6-16(29(24,25)21-11-15-3-2-8-26-15)10-17(13)20(23)22-14-5-7-18-19(9-14)28-12-27-18/h2-10,21H,11-12H2,1H3,(H,22,23). The van der Waals surface area contributed by atoms with Gasteiger partial charge in [0.05, 0.1) is 17.7 Å². The number of benzene rings is 2. The monoisotopic (exact) mass is 414 g/mol. The highest BCUT2D eigenvalue weighted by atomic mass is 32.2. The molecule has 2 N–H and O–H groups in total. The van der Waals surface area contributed by atoms with Crippen molar-refractivity contribution in [3.8, 4) is 11.5 Å². The Morgan fingerprint density at radius 3 is 2.69 bits per heavy atom. The van der Waals surface area contributed by atoms with Crippen LogP contribution in [0.15, 0.2) is 64.1 Å². The molecule has 2 heterocycles. The van der Waals surface area contributed by atoms with Gasteiger partial charge in [0.1, 0.15) is 5.76 Å². The average molecular weight is 414 g/mol. The molecule has 8 nitrogen and oxygen atoms in total. The molecule has 0 unspecified atom stereocenters. The second-order valence-corrected chi connectivity index (χ2v) is 8.17. The Kier molecular flexibility index (Phi) is 4.99. The first-order chi connectivity index (χ1) is 13.9. The van der Waals surface area contributed by atoms with Gasteiger partial charge in [-0.05, 0) is 48.9 Å². The fourth-order valence-corrected chi connectivity index (χ4v) is 3.87. The van der Waals surface area contributed by atoms with E-state index in [0.29, 0.717) is 28.5 Å². The van der Waals surface area contributed by atoms with Crippen molar-refractivity contribution < 1.29 is 27.1 Å². The first-order valence-electron chi connectivity index (χ1n) is 8.76. The normalized spacial score (nSPS) is 12.7. The Bertz CT molecular complexity index is 1160. The van der Waals surface area contributed by atoms with Gasteiger partial charge in [0, 0.05) is 17.3 Å². The van der Waals surface area contributed by atoms with E-state index in [4.69, 9.17) is 13.9 Å². The van der Waals surface area contributed by atoms with E-state index >= 15 is 0 Å². The summed E-state index contributed by atoms with van der Waals surface area (Å²) in [6.07, 6.45) is 1.47. The van der Waals surface area contributed by atoms with E-state index in [0.717, 1.165) is 0 Å². The lowest BCUT2D eigenvalue weighted by Crippen LogP contribution is -2.24. The number of furan rings is 1. The van der Waals surface area contributed by atoms with Crippen LogP contribution in [0.2, 0.25) is 0 Å². The van der Waals surface area contributed by atoms with Crippen LogP contribution < -0.4 is 19.5 Å². The fourth-order valence-electron chi connectivity index (χ4n) is 2.85. The summed E-state index contributed by atoms with van der Waals surface area (Å²) in [7, 11) is -3.82. The molecule has 9 heteroatoms. The van der Waals surface area contributed by atoms with Crippen LogP contribution in [-0.2, 0) is 16.6 Å². The largest absolute Gasteiger partial charge is 0.468 e. The van der Waals surface area contributed by atoms with Crippen LogP contribution in [0.5, 0.6) is 11.5 Å². The number of carbonyl (C=O) groups is 1. The summed E-state index contributed by atoms with van der Waals surface area (Å²) in [6, 6.07) is 12.8. The van der Waals surface area contributed by atoms with Crippen molar-refractivity contribution in [3.63, 3.8) is 0 Å². The van der Waals surface area contributed by atoms with Gasteiger partial charge in [0.2, 0.25) is 16.8 Å². The third kappa shape index (κ3) is 4.10. The van der Waals surface area contributed by atoms with Crippen molar-refractivity contribution in [2.24, 2.45) is 0 Å². The molecule has 0 radical (unpaired) electrons. The molecule has 0 saturated heterocycles. The molecule has 1 amide bonds. The van der Waals surface area contributed by atoms with E-state index < -0.39 is 15.9 Å². The van der Waals surface area contributed by atoms with Crippen LogP contribution in [0.4, 0.5) is 5.69 Å². The molecule has 0 spiro atoms. The lowest BCUT2D eigenvalue weighted by molar-refractivity contribution is 0.102. The Morgan fingerprint density at radius 1 is 1.07 bits per heavy atom. The van der Waals surface area contributed by atoms with Gasteiger partial charge < -0.3 is 19.2 Å². The molecule has 150 valence electrons. The van der Waals surface area contributed by atoms with Gasteiger partial charge in [-0.1, -0.05) is 6.07 Å². The molecule has 1 aliphatic heterocycles. The van der Waals surface area contributed by atoms with Crippen molar-refractivity contribution in [2.75, 3.05) is 12.1 Å². The summed E-state index contributed by atoms with van der Waals surface area (Å²) in [4.78, 5) is 12.7. The molecule has 0 atom stereocenters. The van der Waals surface area contributed by atoms with E-state index in [-0.39, 0.29) is 23.8 Å². The zero-order valence-corrected chi connectivity index (χ0v) is 16.3. The molecule has 0 bridgehead atoms. The number of nitrogens with one attached hydrogen (secondary N) is 2. The Labute approximate surface area is 167 Å². The molecule has 29 heavy (non-hydrogen) atoms. The number of sulfonamides is 1. The molecule has 1 aromatic heterocycles.